The standard InChI is InChI=1S/C15H22FN5/c1-3-5-7-12(6-4-2)21-15(18-19-20-21)11-8-9-13(16)14(17)10-11/h8-10,12H,3-7,17H2,1-2H3. The lowest BCUT2D eigenvalue weighted by Gasteiger charge is -2.17. The zero-order chi connectivity index (χ0) is 15.2. The molecule has 1 aromatic heterocycles. The van der Waals surface area contributed by atoms with Crippen molar-refractivity contribution in [3.8, 4) is 11.4 Å². The van der Waals surface area contributed by atoms with E-state index in [2.05, 4.69) is 29.4 Å². The average Bonchev–Trinajstić information content (AvgIpc) is 2.95. The molecule has 0 aliphatic carbocycles. The van der Waals surface area contributed by atoms with Crippen LogP contribution in [-0.4, -0.2) is 20.2 Å². The van der Waals surface area contributed by atoms with Crippen molar-refractivity contribution in [1.29, 1.82) is 0 Å². The van der Waals surface area contributed by atoms with Gasteiger partial charge in [0.05, 0.1) is 11.7 Å². The van der Waals surface area contributed by atoms with Crippen LogP contribution in [0.4, 0.5) is 10.1 Å². The lowest BCUT2D eigenvalue weighted by atomic mass is 10.0. The molecular weight excluding hydrogens is 269 g/mol. The summed E-state index contributed by atoms with van der Waals surface area (Å²) in [5.41, 5.74) is 6.50. The van der Waals surface area contributed by atoms with Crippen molar-refractivity contribution in [2.45, 2.75) is 52.0 Å². The highest BCUT2D eigenvalue weighted by Crippen LogP contribution is 2.27. The highest BCUT2D eigenvalue weighted by Gasteiger charge is 2.18. The number of nitrogen functional groups attached to an aromatic ring is 1. The second-order valence-electron chi connectivity index (χ2n) is 5.27. The number of benzene rings is 1. The van der Waals surface area contributed by atoms with Crippen LogP contribution in [0, 0.1) is 5.82 Å². The van der Waals surface area contributed by atoms with Crippen molar-refractivity contribution < 1.29 is 4.39 Å². The maximum Gasteiger partial charge on any atom is 0.182 e. The van der Waals surface area contributed by atoms with Gasteiger partial charge in [-0.25, -0.2) is 9.07 Å². The summed E-state index contributed by atoms with van der Waals surface area (Å²) in [6.07, 6.45) is 5.41. The van der Waals surface area contributed by atoms with Crippen LogP contribution in [0.15, 0.2) is 18.2 Å². The first-order valence-electron chi connectivity index (χ1n) is 7.50. The van der Waals surface area contributed by atoms with Gasteiger partial charge in [0, 0.05) is 5.56 Å². The minimum atomic E-state index is -0.422. The van der Waals surface area contributed by atoms with Crippen LogP contribution >= 0.6 is 0 Å². The van der Waals surface area contributed by atoms with E-state index in [-0.39, 0.29) is 11.7 Å². The number of hydrogen-bond acceptors (Lipinski definition) is 4. The molecule has 0 aliphatic rings. The molecule has 0 spiro atoms. The van der Waals surface area contributed by atoms with Gasteiger partial charge in [0.1, 0.15) is 5.82 Å². The smallest absolute Gasteiger partial charge is 0.182 e. The van der Waals surface area contributed by atoms with Crippen molar-refractivity contribution >= 4 is 5.69 Å². The summed E-state index contributed by atoms with van der Waals surface area (Å²) >= 11 is 0. The van der Waals surface area contributed by atoms with Gasteiger partial charge in [-0.1, -0.05) is 33.1 Å². The third-order valence-corrected chi connectivity index (χ3v) is 3.61. The van der Waals surface area contributed by atoms with Gasteiger partial charge in [0.15, 0.2) is 5.82 Å². The van der Waals surface area contributed by atoms with Gasteiger partial charge in [-0.3, -0.25) is 0 Å². The van der Waals surface area contributed by atoms with E-state index in [1.165, 1.54) is 6.07 Å². The second-order valence-corrected chi connectivity index (χ2v) is 5.27. The lowest BCUT2D eigenvalue weighted by molar-refractivity contribution is 0.380. The molecule has 0 saturated heterocycles. The quantitative estimate of drug-likeness (QED) is 0.791. The Kier molecular flexibility index (Phi) is 5.25. The molecule has 21 heavy (non-hydrogen) atoms. The highest BCUT2D eigenvalue weighted by molar-refractivity contribution is 5.61. The molecule has 114 valence electrons. The number of nitrogens with two attached hydrogens (primary N) is 1. The zero-order valence-electron chi connectivity index (χ0n) is 12.6. The molecule has 0 aliphatic heterocycles. The second kappa shape index (κ2) is 7.15. The summed E-state index contributed by atoms with van der Waals surface area (Å²) in [6.45, 7) is 4.32. The predicted octanol–water partition coefficient (Wildman–Crippen LogP) is 3.59. The molecule has 2 aromatic rings. The topological polar surface area (TPSA) is 69.6 Å². The lowest BCUT2D eigenvalue weighted by Crippen LogP contribution is -2.12. The fraction of sp³-hybridized carbons (Fsp3) is 0.533. The first kappa shape index (κ1) is 15.4. The Morgan fingerprint density at radius 2 is 2.05 bits per heavy atom. The molecule has 2 rings (SSSR count). The van der Waals surface area contributed by atoms with Crippen LogP contribution in [-0.2, 0) is 0 Å². The average molecular weight is 291 g/mol. The van der Waals surface area contributed by atoms with E-state index in [0.29, 0.717) is 5.82 Å². The summed E-state index contributed by atoms with van der Waals surface area (Å²) < 4.78 is 15.2. The minimum Gasteiger partial charge on any atom is -0.396 e. The maximum atomic E-state index is 13.3. The van der Waals surface area contributed by atoms with E-state index in [4.69, 9.17) is 5.73 Å². The molecule has 1 aromatic carbocycles. The minimum absolute atomic E-state index is 0.114. The third kappa shape index (κ3) is 3.56. The number of tetrazole rings is 1. The van der Waals surface area contributed by atoms with Gasteiger partial charge in [-0.15, -0.1) is 5.10 Å². The number of aromatic nitrogens is 4. The normalized spacial score (nSPS) is 12.5. The Bertz CT molecular complexity index is 581. The molecule has 0 fully saturated rings. The summed E-state index contributed by atoms with van der Waals surface area (Å²) in [5.74, 6) is 0.227. The van der Waals surface area contributed by atoms with E-state index in [0.717, 1.165) is 37.7 Å². The first-order valence-corrected chi connectivity index (χ1v) is 7.50. The number of hydrogen-bond donors (Lipinski definition) is 1. The Hall–Kier alpha value is -1.98. The van der Waals surface area contributed by atoms with Crippen LogP contribution in [0.5, 0.6) is 0 Å². The molecule has 6 heteroatoms. The molecule has 5 nitrogen and oxygen atoms in total. The highest BCUT2D eigenvalue weighted by atomic mass is 19.1. The number of unbranched alkanes of at least 4 members (excludes halogenated alkanes) is 1. The van der Waals surface area contributed by atoms with Gasteiger partial charge in [-0.05, 0) is 41.5 Å². The first-order chi connectivity index (χ1) is 10.2. The molecule has 0 saturated carbocycles. The molecule has 1 unspecified atom stereocenters. The summed E-state index contributed by atoms with van der Waals surface area (Å²) in [5, 5.41) is 12.0. The molecule has 0 amide bonds. The summed E-state index contributed by atoms with van der Waals surface area (Å²) in [7, 11) is 0. The molecule has 1 atom stereocenters. The van der Waals surface area contributed by atoms with E-state index < -0.39 is 5.82 Å². The fourth-order valence-corrected chi connectivity index (χ4v) is 2.47. The van der Waals surface area contributed by atoms with Crippen molar-refractivity contribution in [3.63, 3.8) is 0 Å². The van der Waals surface area contributed by atoms with Gasteiger partial charge in [0.25, 0.3) is 0 Å². The molecule has 2 N–H and O–H groups in total. The van der Waals surface area contributed by atoms with Gasteiger partial charge in [0.2, 0.25) is 0 Å². The Labute approximate surface area is 124 Å². The number of nitrogens with zero attached hydrogens (tertiary/aromatic N) is 4. The third-order valence-electron chi connectivity index (χ3n) is 3.61. The van der Waals surface area contributed by atoms with Crippen LogP contribution in [0.25, 0.3) is 11.4 Å². The zero-order valence-corrected chi connectivity index (χ0v) is 12.6. The van der Waals surface area contributed by atoms with Gasteiger partial charge >= 0.3 is 0 Å². The van der Waals surface area contributed by atoms with Crippen molar-refractivity contribution in [1.82, 2.24) is 20.2 Å². The van der Waals surface area contributed by atoms with Crippen LogP contribution < -0.4 is 5.73 Å². The largest absolute Gasteiger partial charge is 0.396 e. The predicted molar refractivity (Wildman–Crippen MR) is 81.1 cm³/mol. The van der Waals surface area contributed by atoms with E-state index in [9.17, 15) is 4.39 Å². The van der Waals surface area contributed by atoms with E-state index >= 15 is 0 Å². The van der Waals surface area contributed by atoms with Crippen molar-refractivity contribution in [3.05, 3.63) is 24.0 Å². The molecule has 0 radical (unpaired) electrons. The van der Waals surface area contributed by atoms with E-state index in [1.807, 2.05) is 4.68 Å². The number of anilines is 1. The Morgan fingerprint density at radius 1 is 1.24 bits per heavy atom. The van der Waals surface area contributed by atoms with Crippen molar-refractivity contribution in [2.24, 2.45) is 0 Å². The monoisotopic (exact) mass is 291 g/mol. The summed E-state index contributed by atoms with van der Waals surface area (Å²) in [6, 6.07) is 4.87. The Morgan fingerprint density at radius 3 is 2.71 bits per heavy atom. The van der Waals surface area contributed by atoms with Crippen LogP contribution in [0.3, 0.4) is 0 Å². The number of rotatable bonds is 7. The Balaban J connectivity index is 2.33. The number of halogens is 1. The maximum absolute atomic E-state index is 13.3. The van der Waals surface area contributed by atoms with Crippen LogP contribution in [0.2, 0.25) is 0 Å². The molecule has 0 bridgehead atoms. The summed E-state index contributed by atoms with van der Waals surface area (Å²) in [4.78, 5) is 0. The SMILES string of the molecule is CCCCC(CCC)n1nnnc1-c1ccc(F)c(N)c1. The van der Waals surface area contributed by atoms with Crippen LogP contribution in [0.1, 0.15) is 52.0 Å². The molecule has 1 heterocycles. The van der Waals surface area contributed by atoms with Gasteiger partial charge in [-0.2, -0.15) is 0 Å². The van der Waals surface area contributed by atoms with Crippen molar-refractivity contribution in [2.75, 3.05) is 5.73 Å². The van der Waals surface area contributed by atoms with Gasteiger partial charge < -0.3 is 5.73 Å². The van der Waals surface area contributed by atoms with E-state index in [1.54, 1.807) is 12.1 Å². The fourth-order valence-electron chi connectivity index (χ4n) is 2.47. The molecular formula is C15H22FN5.